The fourth-order valence-corrected chi connectivity index (χ4v) is 5.35. The lowest BCUT2D eigenvalue weighted by atomic mass is 10.2. The fraction of sp³-hybridized carbons (Fsp3) is 0.143. The van der Waals surface area contributed by atoms with Crippen LogP contribution in [0.25, 0.3) is 0 Å². The summed E-state index contributed by atoms with van der Waals surface area (Å²) in [5.74, 6) is 0.510. The summed E-state index contributed by atoms with van der Waals surface area (Å²) < 4.78 is 64.0. The molecule has 0 aliphatic rings. The van der Waals surface area contributed by atoms with Crippen molar-refractivity contribution in [2.45, 2.75) is 21.6 Å². The van der Waals surface area contributed by atoms with E-state index >= 15 is 0 Å². The molecule has 0 unspecified atom stereocenters. The van der Waals surface area contributed by atoms with Gasteiger partial charge in [0.1, 0.15) is 22.1 Å². The molecule has 0 bridgehead atoms. The average molecular weight is 464 g/mol. The topological polar surface area (TPSA) is 119 Å². The van der Waals surface area contributed by atoms with E-state index in [0.717, 1.165) is 6.07 Å². The molecule has 0 atom stereocenters. The lowest BCUT2D eigenvalue weighted by Gasteiger charge is -2.14. The third-order valence-electron chi connectivity index (χ3n) is 4.55. The summed E-state index contributed by atoms with van der Waals surface area (Å²) in [6.07, 6.45) is 0. The highest BCUT2D eigenvalue weighted by atomic mass is 32.2. The molecule has 0 aliphatic heterocycles. The van der Waals surface area contributed by atoms with Gasteiger partial charge in [0.25, 0.3) is 10.0 Å². The smallest absolute Gasteiger partial charge is 0.261 e. The van der Waals surface area contributed by atoms with Crippen LogP contribution >= 0.6 is 0 Å². The molecule has 3 aromatic rings. The molecule has 8 nitrogen and oxygen atoms in total. The maximum atomic E-state index is 13.1. The predicted molar refractivity (Wildman–Crippen MR) is 115 cm³/mol. The van der Waals surface area contributed by atoms with Gasteiger partial charge < -0.3 is 14.6 Å². The highest BCUT2D eigenvalue weighted by Crippen LogP contribution is 2.35. The standard InChI is InChI=1S/C21H21NO7S2/c1-14-12-15(22-31(26,27)19-10-6-17(29-3)7-11-19)13-20(21(14)23)30(24,25)18-8-4-16(28-2)5-9-18/h4-13,22-23H,1-3H3. The maximum Gasteiger partial charge on any atom is 0.261 e. The van der Waals surface area contributed by atoms with Gasteiger partial charge in [0.15, 0.2) is 0 Å². The first-order valence-corrected chi connectivity index (χ1v) is 11.9. The van der Waals surface area contributed by atoms with Crippen molar-refractivity contribution in [1.82, 2.24) is 0 Å². The van der Waals surface area contributed by atoms with Crippen molar-refractivity contribution in [1.29, 1.82) is 0 Å². The van der Waals surface area contributed by atoms with Crippen molar-refractivity contribution in [2.75, 3.05) is 18.9 Å². The van der Waals surface area contributed by atoms with Gasteiger partial charge in [-0.15, -0.1) is 0 Å². The number of aryl methyl sites for hydroxylation is 1. The number of sulfone groups is 1. The Hall–Kier alpha value is -3.24. The van der Waals surface area contributed by atoms with Crippen LogP contribution in [0.2, 0.25) is 0 Å². The number of rotatable bonds is 7. The second-order valence-corrected chi connectivity index (χ2v) is 10.2. The molecular weight excluding hydrogens is 442 g/mol. The van der Waals surface area contributed by atoms with Crippen molar-refractivity contribution >= 4 is 25.5 Å². The Morgan fingerprint density at radius 3 is 1.74 bits per heavy atom. The largest absolute Gasteiger partial charge is 0.506 e. The molecule has 2 N–H and O–H groups in total. The van der Waals surface area contributed by atoms with Gasteiger partial charge in [0.05, 0.1) is 29.7 Å². The van der Waals surface area contributed by atoms with Gasteiger partial charge in [-0.25, -0.2) is 16.8 Å². The van der Waals surface area contributed by atoms with Crippen LogP contribution in [0, 0.1) is 6.92 Å². The fourth-order valence-electron chi connectivity index (χ4n) is 2.86. The number of benzene rings is 3. The number of phenols is 1. The number of ether oxygens (including phenoxy) is 2. The predicted octanol–water partition coefficient (Wildman–Crippen LogP) is 3.35. The molecule has 0 saturated heterocycles. The molecule has 10 heteroatoms. The quantitative estimate of drug-likeness (QED) is 0.516. The summed E-state index contributed by atoms with van der Waals surface area (Å²) in [4.78, 5) is -0.512. The Kier molecular flexibility index (Phi) is 6.14. The molecule has 0 fully saturated rings. The normalized spacial score (nSPS) is 11.7. The van der Waals surface area contributed by atoms with Crippen molar-refractivity contribution in [3.05, 3.63) is 66.2 Å². The van der Waals surface area contributed by atoms with Crippen molar-refractivity contribution in [3.63, 3.8) is 0 Å². The number of sulfonamides is 1. The molecule has 0 radical (unpaired) electrons. The molecule has 0 aliphatic carbocycles. The summed E-state index contributed by atoms with van der Waals surface area (Å²) in [7, 11) is -5.21. The van der Waals surface area contributed by atoms with Gasteiger partial charge in [-0.05, 0) is 73.2 Å². The van der Waals surface area contributed by atoms with Gasteiger partial charge in [-0.1, -0.05) is 0 Å². The Balaban J connectivity index is 2.02. The zero-order valence-corrected chi connectivity index (χ0v) is 18.6. The van der Waals surface area contributed by atoms with E-state index in [0.29, 0.717) is 11.5 Å². The first kappa shape index (κ1) is 22.4. The number of hydrogen-bond donors (Lipinski definition) is 2. The Bertz CT molecular complexity index is 1300. The number of aromatic hydroxyl groups is 1. The number of phenolic OH excluding ortho intramolecular Hbond substituents is 1. The summed E-state index contributed by atoms with van der Waals surface area (Å²) in [6, 6.07) is 13.8. The van der Waals surface area contributed by atoms with Crippen LogP contribution < -0.4 is 14.2 Å². The Morgan fingerprint density at radius 1 is 0.774 bits per heavy atom. The van der Waals surface area contributed by atoms with Crippen LogP contribution in [0.3, 0.4) is 0 Å². The van der Waals surface area contributed by atoms with Crippen molar-refractivity contribution < 1.29 is 31.4 Å². The van der Waals surface area contributed by atoms with E-state index in [9.17, 15) is 21.9 Å². The maximum absolute atomic E-state index is 13.1. The highest BCUT2D eigenvalue weighted by molar-refractivity contribution is 7.92. The van der Waals surface area contributed by atoms with Crippen LogP contribution in [0.1, 0.15) is 5.56 Å². The van der Waals surface area contributed by atoms with E-state index in [2.05, 4.69) is 4.72 Å². The summed E-state index contributed by atoms with van der Waals surface area (Å²) >= 11 is 0. The second kappa shape index (κ2) is 8.48. The SMILES string of the molecule is COc1ccc(S(=O)(=O)Nc2cc(C)c(O)c(S(=O)(=O)c3ccc(OC)cc3)c2)cc1. The minimum Gasteiger partial charge on any atom is -0.506 e. The molecule has 164 valence electrons. The van der Waals surface area contributed by atoms with Gasteiger partial charge in [-0.3, -0.25) is 4.72 Å². The third kappa shape index (κ3) is 4.59. The van der Waals surface area contributed by atoms with Crippen molar-refractivity contribution in [2.24, 2.45) is 0 Å². The zero-order chi connectivity index (χ0) is 22.8. The Labute approximate surface area is 181 Å². The summed E-state index contributed by atoms with van der Waals surface area (Å²) in [5.41, 5.74) is 0.195. The van der Waals surface area contributed by atoms with Gasteiger partial charge in [0, 0.05) is 0 Å². The molecule has 0 amide bonds. The number of methoxy groups -OCH3 is 2. The van der Waals surface area contributed by atoms with E-state index < -0.39 is 30.5 Å². The van der Waals surface area contributed by atoms with Crippen LogP contribution in [-0.4, -0.2) is 36.2 Å². The zero-order valence-electron chi connectivity index (χ0n) is 17.0. The van der Waals surface area contributed by atoms with Crippen LogP contribution in [0.15, 0.2) is 75.4 Å². The Morgan fingerprint density at radius 2 is 1.26 bits per heavy atom. The minimum atomic E-state index is -4.13. The van der Waals surface area contributed by atoms with Crippen LogP contribution in [0.5, 0.6) is 17.2 Å². The molecule has 0 spiro atoms. The molecule has 0 aromatic heterocycles. The van der Waals surface area contributed by atoms with E-state index in [1.54, 1.807) is 0 Å². The number of hydrogen-bond acceptors (Lipinski definition) is 7. The number of anilines is 1. The molecule has 3 aromatic carbocycles. The number of nitrogens with one attached hydrogen (secondary N) is 1. The van der Waals surface area contributed by atoms with E-state index in [1.165, 1.54) is 75.7 Å². The minimum absolute atomic E-state index is 0.00166. The third-order valence-corrected chi connectivity index (χ3v) is 7.73. The lowest BCUT2D eigenvalue weighted by molar-refractivity contribution is 0.414. The summed E-state index contributed by atoms with van der Waals surface area (Å²) in [6.45, 7) is 1.48. The molecule has 0 saturated carbocycles. The first-order valence-electron chi connectivity index (χ1n) is 8.98. The van der Waals surface area contributed by atoms with Gasteiger partial charge in [-0.2, -0.15) is 0 Å². The summed E-state index contributed by atoms with van der Waals surface area (Å²) in [5, 5.41) is 10.4. The van der Waals surface area contributed by atoms with E-state index in [4.69, 9.17) is 9.47 Å². The average Bonchev–Trinajstić information content (AvgIpc) is 2.75. The van der Waals surface area contributed by atoms with Crippen LogP contribution in [-0.2, 0) is 19.9 Å². The second-order valence-electron chi connectivity index (χ2n) is 6.60. The monoisotopic (exact) mass is 463 g/mol. The molecule has 31 heavy (non-hydrogen) atoms. The molecule has 0 heterocycles. The molecular formula is C21H21NO7S2. The van der Waals surface area contributed by atoms with Gasteiger partial charge >= 0.3 is 0 Å². The first-order chi connectivity index (χ1) is 14.6. The van der Waals surface area contributed by atoms with Gasteiger partial charge in [0.2, 0.25) is 9.84 Å². The van der Waals surface area contributed by atoms with Crippen molar-refractivity contribution in [3.8, 4) is 17.2 Å². The van der Waals surface area contributed by atoms with Crippen LogP contribution in [0.4, 0.5) is 5.69 Å². The molecule has 3 rings (SSSR count). The van der Waals surface area contributed by atoms with E-state index in [1.807, 2.05) is 0 Å². The lowest BCUT2D eigenvalue weighted by Crippen LogP contribution is -2.14. The highest BCUT2D eigenvalue weighted by Gasteiger charge is 2.25. The van der Waals surface area contributed by atoms with E-state index in [-0.39, 0.29) is 21.0 Å².